The van der Waals surface area contributed by atoms with Crippen molar-refractivity contribution in [1.29, 1.82) is 0 Å². The molecular formula is C27H51N3O2. The summed E-state index contributed by atoms with van der Waals surface area (Å²) in [7, 11) is 0. The van der Waals surface area contributed by atoms with Gasteiger partial charge in [-0.05, 0) is 64.8 Å². The van der Waals surface area contributed by atoms with Crippen LogP contribution in [0.15, 0.2) is 0 Å². The summed E-state index contributed by atoms with van der Waals surface area (Å²) in [6, 6.07) is -0.261. The van der Waals surface area contributed by atoms with Crippen molar-refractivity contribution in [3.8, 4) is 0 Å². The van der Waals surface area contributed by atoms with Gasteiger partial charge in [0.05, 0.1) is 5.92 Å². The number of amides is 2. The highest BCUT2D eigenvalue weighted by Crippen LogP contribution is 2.35. The van der Waals surface area contributed by atoms with E-state index in [0.29, 0.717) is 11.8 Å². The zero-order valence-corrected chi connectivity index (χ0v) is 22.2. The molecular weight excluding hydrogens is 398 g/mol. The topological polar surface area (TPSA) is 43.9 Å². The van der Waals surface area contributed by atoms with Crippen LogP contribution >= 0.6 is 0 Å². The molecule has 0 aromatic rings. The highest BCUT2D eigenvalue weighted by atomic mass is 16.2. The molecule has 2 rings (SSSR count). The van der Waals surface area contributed by atoms with Crippen LogP contribution in [0.5, 0.6) is 0 Å². The summed E-state index contributed by atoms with van der Waals surface area (Å²) >= 11 is 0. The molecule has 5 nitrogen and oxygen atoms in total. The molecule has 2 amide bonds. The number of hydrogen-bond acceptors (Lipinski definition) is 3. The molecule has 0 bridgehead atoms. The number of carbonyl (C=O) groups is 2. The number of carbonyl (C=O) groups excluding carboxylic acids is 2. The summed E-state index contributed by atoms with van der Waals surface area (Å²) in [5.41, 5.74) is 0.0882. The lowest BCUT2D eigenvalue weighted by Gasteiger charge is -2.33. The van der Waals surface area contributed by atoms with Gasteiger partial charge >= 0.3 is 0 Å². The molecule has 186 valence electrons. The van der Waals surface area contributed by atoms with Crippen LogP contribution in [-0.4, -0.2) is 70.8 Å². The fraction of sp³-hybridized carbons (Fsp3) is 0.926. The predicted octanol–water partition coefficient (Wildman–Crippen LogP) is 5.19. The Morgan fingerprint density at radius 3 is 2.28 bits per heavy atom. The molecule has 0 radical (unpaired) electrons. The number of unbranched alkanes of at least 4 members (excludes halogenated alkanes) is 3. The van der Waals surface area contributed by atoms with Gasteiger partial charge in [-0.3, -0.25) is 14.5 Å². The van der Waals surface area contributed by atoms with E-state index in [1.807, 2.05) is 4.90 Å². The molecule has 2 heterocycles. The minimum absolute atomic E-state index is 0.0318. The Hall–Kier alpha value is -1.10. The molecule has 2 aliphatic heterocycles. The van der Waals surface area contributed by atoms with Crippen LogP contribution in [0.1, 0.15) is 99.8 Å². The first kappa shape index (κ1) is 27.1. The molecule has 0 N–H and O–H groups in total. The minimum atomic E-state index is -0.261. The number of nitrogens with zero attached hydrogens (tertiary/aromatic N) is 3. The third-order valence-corrected chi connectivity index (χ3v) is 7.92. The Morgan fingerprint density at radius 2 is 1.72 bits per heavy atom. The Kier molecular flexibility index (Phi) is 10.5. The third kappa shape index (κ3) is 6.95. The molecule has 4 atom stereocenters. The highest BCUT2D eigenvalue weighted by molar-refractivity contribution is 5.89. The van der Waals surface area contributed by atoms with Crippen molar-refractivity contribution >= 4 is 11.8 Å². The maximum absolute atomic E-state index is 13.7. The van der Waals surface area contributed by atoms with Crippen molar-refractivity contribution in [3.63, 3.8) is 0 Å². The molecule has 0 aliphatic carbocycles. The van der Waals surface area contributed by atoms with Crippen molar-refractivity contribution in [1.82, 2.24) is 14.7 Å². The van der Waals surface area contributed by atoms with E-state index in [2.05, 4.69) is 58.3 Å². The Balaban J connectivity index is 2.15. The van der Waals surface area contributed by atoms with Gasteiger partial charge in [0.15, 0.2) is 0 Å². The summed E-state index contributed by atoms with van der Waals surface area (Å²) < 4.78 is 0. The van der Waals surface area contributed by atoms with Crippen LogP contribution < -0.4 is 0 Å². The Labute approximate surface area is 198 Å². The van der Waals surface area contributed by atoms with Gasteiger partial charge in [-0.25, -0.2) is 0 Å². The molecule has 2 saturated heterocycles. The molecule has 5 heteroatoms. The first-order valence-electron chi connectivity index (χ1n) is 13.5. The average Bonchev–Trinajstić information content (AvgIpc) is 3.42. The van der Waals surface area contributed by atoms with E-state index < -0.39 is 0 Å². The van der Waals surface area contributed by atoms with E-state index in [1.165, 1.54) is 19.3 Å². The van der Waals surface area contributed by atoms with Crippen molar-refractivity contribution in [2.75, 3.05) is 32.7 Å². The second-order valence-corrected chi connectivity index (χ2v) is 11.4. The fourth-order valence-corrected chi connectivity index (χ4v) is 5.44. The predicted molar refractivity (Wildman–Crippen MR) is 134 cm³/mol. The first-order chi connectivity index (χ1) is 15.1. The van der Waals surface area contributed by atoms with Crippen LogP contribution in [0, 0.1) is 17.8 Å². The Bertz CT molecular complexity index is 600. The fourth-order valence-electron chi connectivity index (χ4n) is 5.44. The highest BCUT2D eigenvalue weighted by Gasteiger charge is 2.45. The third-order valence-electron chi connectivity index (χ3n) is 7.92. The quantitative estimate of drug-likeness (QED) is 0.408. The molecule has 4 unspecified atom stereocenters. The van der Waals surface area contributed by atoms with Crippen molar-refractivity contribution in [2.45, 2.75) is 111 Å². The standard InChI is InChI=1S/C27H51N3O2/c1-8-11-12-13-16-28(15-9-2)26(32)24-18-23(21(4)10-3)20-30(24)25(31)22-14-17-29(19-22)27(5,6)7/h21-24H,8-20H2,1-7H3. The largest absolute Gasteiger partial charge is 0.341 e. The summed E-state index contributed by atoms with van der Waals surface area (Å²) in [5, 5.41) is 0. The van der Waals surface area contributed by atoms with E-state index in [4.69, 9.17) is 0 Å². The van der Waals surface area contributed by atoms with E-state index in [1.54, 1.807) is 0 Å². The summed E-state index contributed by atoms with van der Waals surface area (Å²) in [6.07, 6.45) is 8.50. The van der Waals surface area contributed by atoms with Gasteiger partial charge in [0.1, 0.15) is 6.04 Å². The summed E-state index contributed by atoms with van der Waals surface area (Å²) in [5.74, 6) is 1.43. The van der Waals surface area contributed by atoms with Gasteiger partial charge in [0.25, 0.3) is 0 Å². The molecule has 2 fully saturated rings. The number of hydrogen-bond donors (Lipinski definition) is 0. The lowest BCUT2D eigenvalue weighted by atomic mass is 9.89. The zero-order valence-electron chi connectivity index (χ0n) is 22.2. The van der Waals surface area contributed by atoms with E-state index in [9.17, 15) is 9.59 Å². The molecule has 0 aromatic carbocycles. The number of rotatable bonds is 11. The molecule has 0 aromatic heterocycles. The maximum atomic E-state index is 13.7. The van der Waals surface area contributed by atoms with Gasteiger partial charge in [0.2, 0.25) is 11.8 Å². The van der Waals surface area contributed by atoms with Crippen molar-refractivity contribution < 1.29 is 9.59 Å². The van der Waals surface area contributed by atoms with Crippen LogP contribution in [-0.2, 0) is 9.59 Å². The smallest absolute Gasteiger partial charge is 0.245 e. The molecule has 0 saturated carbocycles. The molecule has 0 spiro atoms. The summed E-state index contributed by atoms with van der Waals surface area (Å²) in [4.78, 5) is 33.9. The lowest BCUT2D eigenvalue weighted by molar-refractivity contribution is -0.146. The normalized spacial score (nSPS) is 25.3. The van der Waals surface area contributed by atoms with Crippen LogP contribution in [0.25, 0.3) is 0 Å². The summed E-state index contributed by atoms with van der Waals surface area (Å²) in [6.45, 7) is 19.7. The van der Waals surface area contributed by atoms with Crippen LogP contribution in [0.2, 0.25) is 0 Å². The van der Waals surface area contributed by atoms with Crippen LogP contribution in [0.4, 0.5) is 0 Å². The molecule has 2 aliphatic rings. The maximum Gasteiger partial charge on any atom is 0.245 e. The second-order valence-electron chi connectivity index (χ2n) is 11.4. The van der Waals surface area contributed by atoms with E-state index in [0.717, 1.165) is 64.8 Å². The average molecular weight is 450 g/mol. The van der Waals surface area contributed by atoms with Crippen molar-refractivity contribution in [2.24, 2.45) is 17.8 Å². The zero-order chi connectivity index (χ0) is 23.9. The van der Waals surface area contributed by atoms with E-state index in [-0.39, 0.29) is 29.3 Å². The second kappa shape index (κ2) is 12.4. The number of likely N-dealkylation sites (tertiary alicyclic amines) is 2. The van der Waals surface area contributed by atoms with E-state index >= 15 is 0 Å². The van der Waals surface area contributed by atoms with Gasteiger partial charge in [-0.15, -0.1) is 0 Å². The van der Waals surface area contributed by atoms with Gasteiger partial charge in [0, 0.05) is 31.7 Å². The SMILES string of the molecule is CCCCCCN(CCC)C(=O)C1CC(C(C)CC)CN1C(=O)C1CCN(C(C)(C)C)C1. The van der Waals surface area contributed by atoms with Gasteiger partial charge in [-0.1, -0.05) is 53.4 Å². The monoisotopic (exact) mass is 449 g/mol. The molecule has 32 heavy (non-hydrogen) atoms. The lowest BCUT2D eigenvalue weighted by Crippen LogP contribution is -2.50. The first-order valence-corrected chi connectivity index (χ1v) is 13.5. The van der Waals surface area contributed by atoms with Crippen LogP contribution in [0.3, 0.4) is 0 Å². The minimum Gasteiger partial charge on any atom is -0.341 e. The Morgan fingerprint density at radius 1 is 1.00 bits per heavy atom. The van der Waals surface area contributed by atoms with Gasteiger partial charge in [-0.2, -0.15) is 0 Å². The van der Waals surface area contributed by atoms with Gasteiger partial charge < -0.3 is 9.80 Å². The van der Waals surface area contributed by atoms with Crippen molar-refractivity contribution in [3.05, 3.63) is 0 Å².